The molecule has 0 radical (unpaired) electrons. The Morgan fingerprint density at radius 1 is 1.16 bits per heavy atom. The normalized spacial score (nSPS) is 11.2. The van der Waals surface area contributed by atoms with Gasteiger partial charge in [-0.1, -0.05) is 18.2 Å². The number of hydroxylamine groups is 1. The van der Waals surface area contributed by atoms with Gasteiger partial charge in [0.05, 0.1) is 22.5 Å². The first-order chi connectivity index (χ1) is 12.2. The van der Waals surface area contributed by atoms with Crippen molar-refractivity contribution in [2.45, 2.75) is 13.1 Å². The van der Waals surface area contributed by atoms with Gasteiger partial charge in [-0.3, -0.25) is 10.0 Å². The van der Waals surface area contributed by atoms with Crippen LogP contribution in [0.1, 0.15) is 21.1 Å². The van der Waals surface area contributed by atoms with Crippen LogP contribution in [0.2, 0.25) is 0 Å². The number of carbonyl (C=O) groups excluding carboxylic acids is 1. The minimum absolute atomic E-state index is 0.481. The summed E-state index contributed by atoms with van der Waals surface area (Å²) >= 11 is 1.35. The predicted octanol–water partition coefficient (Wildman–Crippen LogP) is 3.19. The fraction of sp³-hybridized carbons (Fsp3) is 0.111. The summed E-state index contributed by atoms with van der Waals surface area (Å²) in [5.41, 5.74) is 4.79. The monoisotopic (exact) mass is 352 g/mol. The van der Waals surface area contributed by atoms with Crippen molar-refractivity contribution >= 4 is 38.4 Å². The van der Waals surface area contributed by atoms with Gasteiger partial charge in [-0.2, -0.15) is 0 Å². The molecule has 0 unspecified atom stereocenters. The van der Waals surface area contributed by atoms with E-state index in [1.54, 1.807) is 11.5 Å². The number of hydrogen-bond acceptors (Lipinski definition) is 5. The minimum atomic E-state index is -0.481. The zero-order valence-electron chi connectivity index (χ0n) is 13.2. The van der Waals surface area contributed by atoms with Crippen LogP contribution in [0.3, 0.4) is 0 Å². The number of nitrogens with zero attached hydrogens (tertiary/aromatic N) is 1. The van der Waals surface area contributed by atoms with Crippen molar-refractivity contribution in [1.82, 2.24) is 20.8 Å². The van der Waals surface area contributed by atoms with Crippen LogP contribution in [-0.2, 0) is 13.1 Å². The summed E-state index contributed by atoms with van der Waals surface area (Å²) in [6.07, 6.45) is 0. The zero-order chi connectivity index (χ0) is 17.2. The maximum absolute atomic E-state index is 11.5. The van der Waals surface area contributed by atoms with Crippen LogP contribution in [0.25, 0.3) is 21.1 Å². The molecule has 0 saturated heterocycles. The van der Waals surface area contributed by atoms with Crippen molar-refractivity contribution in [1.29, 1.82) is 0 Å². The summed E-state index contributed by atoms with van der Waals surface area (Å²) < 4.78 is 1.01. The van der Waals surface area contributed by atoms with Gasteiger partial charge in [0.1, 0.15) is 5.82 Å². The van der Waals surface area contributed by atoms with Crippen LogP contribution in [0.4, 0.5) is 0 Å². The van der Waals surface area contributed by atoms with E-state index in [4.69, 9.17) is 5.21 Å². The van der Waals surface area contributed by atoms with E-state index in [1.807, 2.05) is 42.5 Å². The number of hydrogen-bond donors (Lipinski definition) is 4. The smallest absolute Gasteiger partial charge is 0.284 e. The molecule has 4 N–H and O–H groups in total. The second kappa shape index (κ2) is 6.64. The second-order valence-electron chi connectivity index (χ2n) is 5.73. The van der Waals surface area contributed by atoms with Crippen molar-refractivity contribution in [3.63, 3.8) is 0 Å². The van der Waals surface area contributed by atoms with Crippen LogP contribution in [0.15, 0.2) is 48.5 Å². The summed E-state index contributed by atoms with van der Waals surface area (Å²) in [4.78, 5) is 19.8. The molecule has 4 rings (SSSR count). The molecule has 0 spiro atoms. The second-order valence-corrected chi connectivity index (χ2v) is 6.81. The molecule has 0 atom stereocenters. The fourth-order valence-electron chi connectivity index (χ4n) is 2.78. The van der Waals surface area contributed by atoms with E-state index in [1.165, 1.54) is 11.3 Å². The third-order valence-electron chi connectivity index (χ3n) is 3.97. The van der Waals surface area contributed by atoms with Gasteiger partial charge in [-0.15, -0.1) is 11.3 Å². The van der Waals surface area contributed by atoms with E-state index < -0.39 is 5.91 Å². The number of thiophene rings is 1. The third-order valence-corrected chi connectivity index (χ3v) is 5.08. The third kappa shape index (κ3) is 3.25. The number of benzene rings is 2. The number of fused-ring (bicyclic) bond motifs is 2. The molecule has 2 heterocycles. The van der Waals surface area contributed by atoms with Crippen LogP contribution in [0, 0.1) is 0 Å². The molecule has 0 aliphatic rings. The largest absolute Gasteiger partial charge is 0.341 e. The molecule has 0 bridgehead atoms. The van der Waals surface area contributed by atoms with Gasteiger partial charge in [0.25, 0.3) is 5.91 Å². The molecule has 2 aromatic carbocycles. The first-order valence-corrected chi connectivity index (χ1v) is 8.66. The molecule has 7 heteroatoms. The Balaban J connectivity index is 1.44. The maximum atomic E-state index is 11.5. The molecule has 25 heavy (non-hydrogen) atoms. The molecule has 0 aliphatic carbocycles. The van der Waals surface area contributed by atoms with E-state index in [-0.39, 0.29) is 0 Å². The van der Waals surface area contributed by atoms with Crippen LogP contribution in [-0.4, -0.2) is 21.1 Å². The predicted molar refractivity (Wildman–Crippen MR) is 97.7 cm³/mol. The molecular formula is C18H16N4O2S. The lowest BCUT2D eigenvalue weighted by Crippen LogP contribution is -2.16. The first-order valence-electron chi connectivity index (χ1n) is 7.84. The lowest BCUT2D eigenvalue weighted by Gasteiger charge is -2.03. The number of para-hydroxylation sites is 2. The molecule has 1 amide bonds. The molecule has 0 aliphatic heterocycles. The van der Waals surface area contributed by atoms with Crippen molar-refractivity contribution in [3.8, 4) is 0 Å². The number of aromatic amines is 1. The molecule has 6 nitrogen and oxygen atoms in total. The van der Waals surface area contributed by atoms with Crippen molar-refractivity contribution in [2.24, 2.45) is 0 Å². The number of nitrogens with one attached hydrogen (secondary N) is 3. The lowest BCUT2D eigenvalue weighted by molar-refractivity contribution is 0.0711. The van der Waals surface area contributed by atoms with Crippen LogP contribution < -0.4 is 10.8 Å². The highest BCUT2D eigenvalue weighted by molar-refractivity contribution is 7.20. The molecule has 2 aromatic heterocycles. The van der Waals surface area contributed by atoms with E-state index >= 15 is 0 Å². The summed E-state index contributed by atoms with van der Waals surface area (Å²) in [5.74, 6) is 0.422. The molecular weight excluding hydrogens is 336 g/mol. The van der Waals surface area contributed by atoms with Crippen LogP contribution >= 0.6 is 11.3 Å². The van der Waals surface area contributed by atoms with Gasteiger partial charge in [0.2, 0.25) is 0 Å². The highest BCUT2D eigenvalue weighted by atomic mass is 32.1. The molecule has 0 saturated carbocycles. The summed E-state index contributed by atoms with van der Waals surface area (Å²) in [6.45, 7) is 1.35. The number of rotatable bonds is 5. The van der Waals surface area contributed by atoms with Gasteiger partial charge in [-0.05, 0) is 41.3 Å². The minimum Gasteiger partial charge on any atom is -0.341 e. The fourth-order valence-corrected chi connectivity index (χ4v) is 3.72. The Labute approximate surface area is 147 Å². The highest BCUT2D eigenvalue weighted by Crippen LogP contribution is 2.26. The average molecular weight is 352 g/mol. The van der Waals surface area contributed by atoms with Crippen molar-refractivity contribution < 1.29 is 10.0 Å². The quantitative estimate of drug-likeness (QED) is 0.328. The SMILES string of the molecule is O=C(NO)c1cc2cc(CNCc3nc4ccccc4[nH]3)ccc2s1. The van der Waals surface area contributed by atoms with Crippen LogP contribution in [0.5, 0.6) is 0 Å². The van der Waals surface area contributed by atoms with E-state index in [9.17, 15) is 4.79 Å². The number of imidazole rings is 1. The molecule has 126 valence electrons. The number of amides is 1. The number of carbonyl (C=O) groups is 1. The summed E-state index contributed by atoms with van der Waals surface area (Å²) in [5, 5.41) is 13.1. The molecule has 4 aromatic rings. The van der Waals surface area contributed by atoms with Gasteiger partial charge in [0, 0.05) is 11.2 Å². The Hall–Kier alpha value is -2.74. The Morgan fingerprint density at radius 2 is 2.04 bits per heavy atom. The van der Waals surface area contributed by atoms with Gasteiger partial charge < -0.3 is 10.3 Å². The van der Waals surface area contributed by atoms with E-state index in [0.717, 1.165) is 32.5 Å². The summed E-state index contributed by atoms with van der Waals surface area (Å²) in [7, 11) is 0. The maximum Gasteiger partial charge on any atom is 0.284 e. The number of aromatic nitrogens is 2. The van der Waals surface area contributed by atoms with Gasteiger partial charge in [-0.25, -0.2) is 10.5 Å². The Morgan fingerprint density at radius 3 is 2.88 bits per heavy atom. The summed E-state index contributed by atoms with van der Waals surface area (Å²) in [6, 6.07) is 15.8. The first kappa shape index (κ1) is 15.8. The topological polar surface area (TPSA) is 90.0 Å². The standard InChI is InChI=1S/C18H16N4O2S/c23-18(22-24)16-8-12-7-11(5-6-15(12)25-16)9-19-10-17-20-13-3-1-2-4-14(13)21-17/h1-8,19,24H,9-10H2,(H,20,21)(H,22,23). The van der Waals surface area contributed by atoms with Gasteiger partial charge in [0.15, 0.2) is 0 Å². The highest BCUT2D eigenvalue weighted by Gasteiger charge is 2.09. The zero-order valence-corrected chi connectivity index (χ0v) is 14.1. The van der Waals surface area contributed by atoms with E-state index in [0.29, 0.717) is 18.0 Å². The molecule has 0 fully saturated rings. The average Bonchev–Trinajstić information content (AvgIpc) is 3.24. The van der Waals surface area contributed by atoms with Crippen molar-refractivity contribution in [2.75, 3.05) is 0 Å². The Bertz CT molecular complexity index is 1020. The van der Waals surface area contributed by atoms with E-state index in [2.05, 4.69) is 15.3 Å². The lowest BCUT2D eigenvalue weighted by atomic mass is 10.1. The van der Waals surface area contributed by atoms with Crippen molar-refractivity contribution in [3.05, 3.63) is 64.8 Å². The number of H-pyrrole nitrogens is 1. The van der Waals surface area contributed by atoms with Gasteiger partial charge >= 0.3 is 0 Å². The Kier molecular flexibility index (Phi) is 4.19.